The van der Waals surface area contributed by atoms with Crippen molar-refractivity contribution < 1.29 is 10.0 Å². The predicted molar refractivity (Wildman–Crippen MR) is 87.7 cm³/mol. The molecule has 5 rings (SSSR count). The molecule has 6 nitrogen and oxygen atoms in total. The first kappa shape index (κ1) is 14.8. The van der Waals surface area contributed by atoms with Gasteiger partial charge in [0.25, 0.3) is 5.91 Å². The van der Waals surface area contributed by atoms with Crippen molar-refractivity contribution >= 4 is 5.91 Å². The highest BCUT2D eigenvalue weighted by atomic mass is 16.5. The van der Waals surface area contributed by atoms with E-state index in [1.54, 1.807) is 11.7 Å². The van der Waals surface area contributed by atoms with Gasteiger partial charge >= 0.3 is 0 Å². The molecule has 3 heterocycles. The van der Waals surface area contributed by atoms with Gasteiger partial charge in [0.1, 0.15) is 0 Å². The van der Waals surface area contributed by atoms with Gasteiger partial charge in [-0.05, 0) is 49.1 Å². The van der Waals surface area contributed by atoms with Crippen LogP contribution in [0.15, 0.2) is 12.3 Å². The third kappa shape index (κ3) is 2.36. The van der Waals surface area contributed by atoms with Crippen LogP contribution in [0.25, 0.3) is 0 Å². The quantitative estimate of drug-likeness (QED) is 0.644. The maximum absolute atomic E-state index is 11.5. The predicted octanol–water partition coefficient (Wildman–Crippen LogP) is 1.19. The zero-order valence-electron chi connectivity index (χ0n) is 13.9. The molecular weight excluding hydrogens is 304 g/mol. The Morgan fingerprint density at radius 1 is 1.25 bits per heavy atom. The van der Waals surface area contributed by atoms with Gasteiger partial charge in [-0.1, -0.05) is 0 Å². The highest BCUT2D eigenvalue weighted by Crippen LogP contribution is 2.53. The SMILES string of the molecule is O=C(NO)c1cnc2c(c1)CCN(C1CC3(C1)CN(C1CC1)C3)C2. The van der Waals surface area contributed by atoms with E-state index >= 15 is 0 Å². The lowest BCUT2D eigenvalue weighted by Gasteiger charge is -2.61. The average molecular weight is 328 g/mol. The van der Waals surface area contributed by atoms with Crippen LogP contribution < -0.4 is 5.48 Å². The summed E-state index contributed by atoms with van der Waals surface area (Å²) in [6.07, 6.45) is 8.03. The van der Waals surface area contributed by atoms with Gasteiger partial charge in [0.2, 0.25) is 0 Å². The van der Waals surface area contributed by atoms with E-state index in [4.69, 9.17) is 5.21 Å². The number of nitrogens with one attached hydrogen (secondary N) is 1. The van der Waals surface area contributed by atoms with Gasteiger partial charge in [-0.25, -0.2) is 5.48 Å². The van der Waals surface area contributed by atoms with Crippen molar-refractivity contribution in [2.24, 2.45) is 5.41 Å². The van der Waals surface area contributed by atoms with Crippen LogP contribution in [0.3, 0.4) is 0 Å². The summed E-state index contributed by atoms with van der Waals surface area (Å²) >= 11 is 0. The number of carbonyl (C=O) groups excluding carboxylic acids is 1. The number of carbonyl (C=O) groups is 1. The van der Waals surface area contributed by atoms with Crippen molar-refractivity contribution in [1.29, 1.82) is 0 Å². The standard InChI is InChI=1S/C18H24N4O2/c23-17(20-24)13-5-12-3-4-21(9-16(12)19-8-13)15-6-18(7-15)10-22(11-18)14-1-2-14/h5,8,14-15,24H,1-4,6-7,9-11H2,(H,20,23). The summed E-state index contributed by atoms with van der Waals surface area (Å²) in [6, 6.07) is 3.50. The summed E-state index contributed by atoms with van der Waals surface area (Å²) in [5.74, 6) is -0.487. The topological polar surface area (TPSA) is 68.7 Å². The first-order valence-electron chi connectivity index (χ1n) is 9.06. The molecule has 24 heavy (non-hydrogen) atoms. The summed E-state index contributed by atoms with van der Waals surface area (Å²) in [4.78, 5) is 21.2. The Morgan fingerprint density at radius 3 is 2.75 bits per heavy atom. The minimum Gasteiger partial charge on any atom is -0.299 e. The van der Waals surface area contributed by atoms with Crippen molar-refractivity contribution in [2.75, 3.05) is 19.6 Å². The molecule has 0 atom stereocenters. The smallest absolute Gasteiger partial charge is 0.276 e. The molecule has 0 aromatic carbocycles. The third-order valence-electron chi connectivity index (χ3n) is 6.44. The fourth-order valence-electron chi connectivity index (χ4n) is 4.90. The number of rotatable bonds is 3. The second kappa shape index (κ2) is 5.25. The summed E-state index contributed by atoms with van der Waals surface area (Å²) in [7, 11) is 0. The monoisotopic (exact) mass is 328 g/mol. The van der Waals surface area contributed by atoms with Crippen molar-refractivity contribution in [2.45, 2.75) is 50.7 Å². The van der Waals surface area contributed by atoms with Gasteiger partial charge in [-0.2, -0.15) is 0 Å². The first-order chi connectivity index (χ1) is 11.7. The Morgan fingerprint density at radius 2 is 2.04 bits per heavy atom. The molecule has 2 aliphatic carbocycles. The molecule has 1 aromatic rings. The van der Waals surface area contributed by atoms with Crippen LogP contribution in [-0.2, 0) is 13.0 Å². The minimum absolute atomic E-state index is 0.432. The lowest BCUT2D eigenvalue weighted by atomic mass is 9.60. The van der Waals surface area contributed by atoms with Crippen molar-refractivity contribution in [3.8, 4) is 0 Å². The Bertz CT molecular complexity index is 674. The lowest BCUT2D eigenvalue weighted by molar-refractivity contribution is -0.115. The maximum atomic E-state index is 11.5. The molecule has 0 unspecified atom stereocenters. The third-order valence-corrected chi connectivity index (χ3v) is 6.44. The first-order valence-corrected chi connectivity index (χ1v) is 9.06. The molecule has 1 aromatic heterocycles. The molecular formula is C18H24N4O2. The number of fused-ring (bicyclic) bond motifs is 1. The van der Waals surface area contributed by atoms with Crippen LogP contribution in [0.2, 0.25) is 0 Å². The molecule has 128 valence electrons. The van der Waals surface area contributed by atoms with Crippen molar-refractivity contribution in [3.05, 3.63) is 29.1 Å². The number of aromatic nitrogens is 1. The van der Waals surface area contributed by atoms with E-state index in [1.807, 2.05) is 6.07 Å². The molecule has 4 aliphatic rings. The number of hydrogen-bond acceptors (Lipinski definition) is 5. The Balaban J connectivity index is 1.20. The van der Waals surface area contributed by atoms with E-state index in [1.165, 1.54) is 38.8 Å². The van der Waals surface area contributed by atoms with E-state index in [2.05, 4.69) is 14.8 Å². The van der Waals surface area contributed by atoms with Gasteiger partial charge in [-0.3, -0.25) is 24.8 Å². The van der Waals surface area contributed by atoms with Crippen molar-refractivity contribution in [1.82, 2.24) is 20.3 Å². The van der Waals surface area contributed by atoms with Gasteiger partial charge in [0.05, 0.1) is 11.3 Å². The fourth-order valence-corrected chi connectivity index (χ4v) is 4.90. The molecule has 0 radical (unpaired) electrons. The largest absolute Gasteiger partial charge is 0.299 e. The van der Waals surface area contributed by atoms with Crippen LogP contribution in [0.5, 0.6) is 0 Å². The van der Waals surface area contributed by atoms with Crippen LogP contribution in [-0.4, -0.2) is 57.6 Å². The Kier molecular flexibility index (Phi) is 3.24. The van der Waals surface area contributed by atoms with E-state index < -0.39 is 5.91 Å². The highest BCUT2D eigenvalue weighted by molar-refractivity contribution is 5.93. The lowest BCUT2D eigenvalue weighted by Crippen LogP contribution is -2.67. The summed E-state index contributed by atoms with van der Waals surface area (Å²) in [5, 5.41) is 8.74. The highest BCUT2D eigenvalue weighted by Gasteiger charge is 2.56. The summed E-state index contributed by atoms with van der Waals surface area (Å²) in [6.45, 7) is 4.60. The minimum atomic E-state index is -0.487. The zero-order chi connectivity index (χ0) is 16.3. The van der Waals surface area contributed by atoms with Gasteiger partial charge < -0.3 is 0 Å². The maximum Gasteiger partial charge on any atom is 0.276 e. The van der Waals surface area contributed by atoms with Gasteiger partial charge in [0, 0.05) is 44.5 Å². The summed E-state index contributed by atoms with van der Waals surface area (Å²) in [5.41, 5.74) is 4.97. The second-order valence-corrected chi connectivity index (χ2v) is 8.19. The molecule has 2 aliphatic heterocycles. The molecule has 1 amide bonds. The van der Waals surface area contributed by atoms with Crippen LogP contribution in [0.4, 0.5) is 0 Å². The van der Waals surface area contributed by atoms with Crippen LogP contribution >= 0.6 is 0 Å². The molecule has 0 bridgehead atoms. The molecule has 6 heteroatoms. The van der Waals surface area contributed by atoms with E-state index in [0.29, 0.717) is 17.0 Å². The fraction of sp³-hybridized carbons (Fsp3) is 0.667. The molecule has 3 fully saturated rings. The Labute approximate surface area is 141 Å². The van der Waals surface area contributed by atoms with Gasteiger partial charge in [-0.15, -0.1) is 0 Å². The number of hydroxylamine groups is 1. The number of likely N-dealkylation sites (tertiary alicyclic amines) is 1. The van der Waals surface area contributed by atoms with Crippen LogP contribution in [0.1, 0.15) is 47.3 Å². The molecule has 1 saturated heterocycles. The number of nitrogens with zero attached hydrogens (tertiary/aromatic N) is 3. The van der Waals surface area contributed by atoms with E-state index in [0.717, 1.165) is 36.8 Å². The van der Waals surface area contributed by atoms with E-state index in [9.17, 15) is 4.79 Å². The number of pyridine rings is 1. The molecule has 2 saturated carbocycles. The number of amides is 1. The van der Waals surface area contributed by atoms with Crippen molar-refractivity contribution in [3.63, 3.8) is 0 Å². The summed E-state index contributed by atoms with van der Waals surface area (Å²) < 4.78 is 0. The Hall–Kier alpha value is -1.50. The molecule has 2 N–H and O–H groups in total. The van der Waals surface area contributed by atoms with Crippen LogP contribution in [0, 0.1) is 5.41 Å². The average Bonchev–Trinajstić information content (AvgIpc) is 3.35. The normalized spacial score (nSPS) is 26.5. The molecule has 1 spiro atoms. The van der Waals surface area contributed by atoms with E-state index in [-0.39, 0.29) is 0 Å². The van der Waals surface area contributed by atoms with Gasteiger partial charge in [0.15, 0.2) is 0 Å². The zero-order valence-corrected chi connectivity index (χ0v) is 13.9. The second-order valence-electron chi connectivity index (χ2n) is 8.19. The number of hydrogen-bond donors (Lipinski definition) is 2.